The molecule has 4 heteroatoms. The molecule has 0 saturated carbocycles. The number of nitrogens with two attached hydrogens (primary N) is 1. The highest BCUT2D eigenvalue weighted by molar-refractivity contribution is 5.92. The summed E-state index contributed by atoms with van der Waals surface area (Å²) >= 11 is 0. The van der Waals surface area contributed by atoms with Gasteiger partial charge in [0, 0.05) is 17.2 Å². The fourth-order valence-electron chi connectivity index (χ4n) is 5.44. The van der Waals surface area contributed by atoms with Crippen molar-refractivity contribution in [1.82, 2.24) is 0 Å². The number of benzene rings is 5. The van der Waals surface area contributed by atoms with Crippen molar-refractivity contribution in [2.45, 2.75) is 18.0 Å². The van der Waals surface area contributed by atoms with E-state index in [-0.39, 0.29) is 17.6 Å². The van der Waals surface area contributed by atoms with Gasteiger partial charge in [0.25, 0.3) is 0 Å². The lowest BCUT2D eigenvalue weighted by Crippen LogP contribution is -2.23. The second kappa shape index (κ2) is 8.64. The lowest BCUT2D eigenvalue weighted by molar-refractivity contribution is 0.497. The zero-order valence-electron chi connectivity index (χ0n) is 19.0. The predicted molar refractivity (Wildman–Crippen MR) is 137 cm³/mol. The van der Waals surface area contributed by atoms with Crippen molar-refractivity contribution in [3.63, 3.8) is 0 Å². The van der Waals surface area contributed by atoms with E-state index in [1.54, 1.807) is 6.07 Å². The fraction of sp³-hybridized carbons (Fsp3) is 0.0968. The van der Waals surface area contributed by atoms with Crippen molar-refractivity contribution in [2.75, 3.05) is 5.32 Å². The first-order valence-corrected chi connectivity index (χ1v) is 11.7. The number of hydrogen-bond donors (Lipinski definition) is 2. The maximum atomic E-state index is 15.7. The van der Waals surface area contributed by atoms with Crippen molar-refractivity contribution in [1.29, 1.82) is 0 Å². The van der Waals surface area contributed by atoms with Crippen LogP contribution in [0.1, 0.15) is 45.8 Å². The molecule has 172 valence electrons. The molecule has 5 aromatic rings. The van der Waals surface area contributed by atoms with Crippen molar-refractivity contribution >= 4 is 16.5 Å². The highest BCUT2D eigenvalue weighted by atomic mass is 19.2. The van der Waals surface area contributed by atoms with Gasteiger partial charge in [0.2, 0.25) is 0 Å². The van der Waals surface area contributed by atoms with Crippen molar-refractivity contribution in [3.8, 4) is 0 Å². The van der Waals surface area contributed by atoms with E-state index in [9.17, 15) is 4.39 Å². The Balaban J connectivity index is 1.52. The summed E-state index contributed by atoms with van der Waals surface area (Å²) in [5.41, 5.74) is 11.4. The zero-order chi connectivity index (χ0) is 23.9. The summed E-state index contributed by atoms with van der Waals surface area (Å²) in [5.74, 6) is -2.22. The predicted octanol–water partition coefficient (Wildman–Crippen LogP) is 7.46. The molecule has 2 atom stereocenters. The molecule has 35 heavy (non-hydrogen) atoms. The SMILES string of the molecule is NC1c2cccc3cccc(c23)C1Nc1ccc(F)c(F)c1C(c1ccccc1)c1ccccc1. The molecular formula is C31H24F2N2. The van der Waals surface area contributed by atoms with E-state index in [0.29, 0.717) is 5.69 Å². The lowest BCUT2D eigenvalue weighted by atomic mass is 9.83. The monoisotopic (exact) mass is 462 g/mol. The molecule has 0 radical (unpaired) electrons. The highest BCUT2D eigenvalue weighted by Crippen LogP contribution is 2.46. The Hall–Kier alpha value is -4.02. The van der Waals surface area contributed by atoms with Gasteiger partial charge in [-0.3, -0.25) is 0 Å². The van der Waals surface area contributed by atoms with Crippen LogP contribution in [0.15, 0.2) is 109 Å². The summed E-state index contributed by atoms with van der Waals surface area (Å²) in [6.07, 6.45) is 0. The maximum absolute atomic E-state index is 15.7. The van der Waals surface area contributed by atoms with E-state index in [1.807, 2.05) is 78.9 Å². The minimum absolute atomic E-state index is 0.271. The van der Waals surface area contributed by atoms with Crippen LogP contribution in [0.25, 0.3) is 10.8 Å². The normalized spacial score (nSPS) is 16.7. The molecule has 5 aromatic carbocycles. The van der Waals surface area contributed by atoms with Crippen LogP contribution in [0.5, 0.6) is 0 Å². The minimum atomic E-state index is -0.872. The van der Waals surface area contributed by atoms with E-state index < -0.39 is 17.6 Å². The van der Waals surface area contributed by atoms with Gasteiger partial charge in [-0.1, -0.05) is 97.1 Å². The lowest BCUT2D eigenvalue weighted by Gasteiger charge is -2.27. The third-order valence-corrected chi connectivity index (χ3v) is 7.02. The van der Waals surface area contributed by atoms with Crippen LogP contribution >= 0.6 is 0 Å². The zero-order valence-corrected chi connectivity index (χ0v) is 19.0. The summed E-state index contributed by atoms with van der Waals surface area (Å²) in [6, 6.07) is 33.8. The molecule has 0 saturated heterocycles. The molecule has 6 rings (SSSR count). The third-order valence-electron chi connectivity index (χ3n) is 7.02. The van der Waals surface area contributed by atoms with E-state index >= 15 is 4.39 Å². The molecule has 0 amide bonds. The third kappa shape index (κ3) is 3.58. The maximum Gasteiger partial charge on any atom is 0.165 e. The van der Waals surface area contributed by atoms with Gasteiger partial charge < -0.3 is 11.1 Å². The van der Waals surface area contributed by atoms with Crippen molar-refractivity contribution in [2.24, 2.45) is 5.73 Å². The molecule has 0 bridgehead atoms. The first-order valence-electron chi connectivity index (χ1n) is 11.7. The number of rotatable bonds is 5. The largest absolute Gasteiger partial charge is 0.376 e. The molecule has 3 N–H and O–H groups in total. The van der Waals surface area contributed by atoms with Crippen molar-refractivity contribution < 1.29 is 8.78 Å². The van der Waals surface area contributed by atoms with Gasteiger partial charge in [-0.15, -0.1) is 0 Å². The standard InChI is InChI=1S/C31H24F2N2/c32-24-17-18-25(35-31-23-16-8-14-21-13-7-15-22(27(21)23)30(31)34)28(29(24)33)26(19-9-3-1-4-10-19)20-11-5-2-6-12-20/h1-18,26,30-31,35H,34H2. The van der Waals surface area contributed by atoms with Crippen LogP contribution in [0, 0.1) is 11.6 Å². The van der Waals surface area contributed by atoms with Crippen LogP contribution in [0.4, 0.5) is 14.5 Å². The molecule has 2 nitrogen and oxygen atoms in total. The molecule has 2 unspecified atom stereocenters. The first kappa shape index (κ1) is 21.5. The number of anilines is 1. The number of halogens is 2. The minimum Gasteiger partial charge on any atom is -0.376 e. The van der Waals surface area contributed by atoms with E-state index in [0.717, 1.165) is 33.0 Å². The van der Waals surface area contributed by atoms with Crippen LogP contribution in [0.2, 0.25) is 0 Å². The molecule has 1 aliphatic rings. The van der Waals surface area contributed by atoms with Crippen LogP contribution < -0.4 is 11.1 Å². The van der Waals surface area contributed by atoms with Gasteiger partial charge in [0.05, 0.1) is 12.1 Å². The Morgan fingerprint density at radius 3 is 1.89 bits per heavy atom. The Bertz CT molecular complexity index is 1470. The van der Waals surface area contributed by atoms with E-state index in [4.69, 9.17) is 5.73 Å². The second-order valence-electron chi connectivity index (χ2n) is 9.02. The molecule has 0 aliphatic heterocycles. The molecular weight excluding hydrogens is 438 g/mol. The molecule has 0 spiro atoms. The van der Waals surface area contributed by atoms with Gasteiger partial charge in [-0.05, 0) is 45.2 Å². The van der Waals surface area contributed by atoms with E-state index in [2.05, 4.69) is 23.5 Å². The molecule has 1 aliphatic carbocycles. The molecule has 0 aromatic heterocycles. The number of nitrogens with one attached hydrogen (secondary N) is 1. The number of hydrogen-bond acceptors (Lipinski definition) is 2. The van der Waals surface area contributed by atoms with Crippen LogP contribution in [0.3, 0.4) is 0 Å². The summed E-state index contributed by atoms with van der Waals surface area (Å²) in [7, 11) is 0. The fourth-order valence-corrected chi connectivity index (χ4v) is 5.44. The first-order chi connectivity index (χ1) is 17.1. The van der Waals surface area contributed by atoms with Gasteiger partial charge in [0.15, 0.2) is 11.6 Å². The smallest absolute Gasteiger partial charge is 0.165 e. The average molecular weight is 463 g/mol. The summed E-state index contributed by atoms with van der Waals surface area (Å²) in [4.78, 5) is 0. The van der Waals surface area contributed by atoms with Gasteiger partial charge in [0.1, 0.15) is 0 Å². The van der Waals surface area contributed by atoms with Crippen LogP contribution in [-0.4, -0.2) is 0 Å². The molecule has 0 heterocycles. The Kier molecular flexibility index (Phi) is 5.31. The van der Waals surface area contributed by atoms with Gasteiger partial charge in [-0.2, -0.15) is 0 Å². The van der Waals surface area contributed by atoms with Crippen molar-refractivity contribution in [3.05, 3.63) is 149 Å². The van der Waals surface area contributed by atoms with Crippen LogP contribution in [-0.2, 0) is 0 Å². The van der Waals surface area contributed by atoms with E-state index in [1.165, 1.54) is 6.07 Å². The summed E-state index contributed by atoms with van der Waals surface area (Å²) in [5, 5.41) is 5.78. The summed E-state index contributed by atoms with van der Waals surface area (Å²) < 4.78 is 30.4. The Morgan fingerprint density at radius 2 is 1.26 bits per heavy atom. The summed E-state index contributed by atoms with van der Waals surface area (Å²) in [6.45, 7) is 0. The topological polar surface area (TPSA) is 38.0 Å². The van der Waals surface area contributed by atoms with Gasteiger partial charge in [-0.25, -0.2) is 8.78 Å². The quantitative estimate of drug-likeness (QED) is 0.266. The molecule has 0 fully saturated rings. The van der Waals surface area contributed by atoms with Gasteiger partial charge >= 0.3 is 0 Å². The Morgan fingerprint density at radius 1 is 0.657 bits per heavy atom. The Labute approximate surface area is 203 Å². The average Bonchev–Trinajstić information content (AvgIpc) is 3.17. The second-order valence-corrected chi connectivity index (χ2v) is 9.02. The highest BCUT2D eigenvalue weighted by Gasteiger charge is 2.34.